The maximum Gasteiger partial charge on any atom is 0.416 e. The Balaban J connectivity index is 1.93. The summed E-state index contributed by atoms with van der Waals surface area (Å²) in [5, 5.41) is 9.45. The number of morpholine rings is 1. The fraction of sp³-hybridized carbons (Fsp3) is 0.467. The molecule has 1 aromatic carbocycles. The highest BCUT2D eigenvalue weighted by Gasteiger charge is 2.37. The van der Waals surface area contributed by atoms with Crippen LogP contribution in [-0.4, -0.2) is 37.4 Å². The summed E-state index contributed by atoms with van der Waals surface area (Å²) in [5.41, 5.74) is 0.380. The normalized spacial score (nSPS) is 22.9. The van der Waals surface area contributed by atoms with Gasteiger partial charge in [-0.25, -0.2) is 5.01 Å². The molecule has 1 saturated heterocycles. The molecule has 124 valence electrons. The van der Waals surface area contributed by atoms with Crippen LogP contribution >= 0.6 is 0 Å². The quantitative estimate of drug-likeness (QED) is 0.836. The van der Waals surface area contributed by atoms with E-state index in [1.165, 1.54) is 18.0 Å². The second-order valence-electron chi connectivity index (χ2n) is 5.54. The van der Waals surface area contributed by atoms with Gasteiger partial charge in [-0.15, -0.1) is 5.11 Å². The molecule has 1 atom stereocenters. The lowest BCUT2D eigenvalue weighted by Gasteiger charge is -2.35. The van der Waals surface area contributed by atoms with E-state index < -0.39 is 11.7 Å². The van der Waals surface area contributed by atoms with Gasteiger partial charge < -0.3 is 4.74 Å². The first-order chi connectivity index (χ1) is 10.9. The lowest BCUT2D eigenvalue weighted by molar-refractivity contribution is -0.138. The standard InChI is InChI=1S/C15H17F3N4O/c1-10-3-4-12(9-13(10)15(16,17)18)22-14(11(2)19-20-22)21-5-7-23-8-6-21/h3-4,9,14H,2,5-8H2,1H3. The number of alkyl halides is 3. The molecule has 2 aliphatic heterocycles. The first kappa shape index (κ1) is 15.9. The maximum absolute atomic E-state index is 13.1. The van der Waals surface area contributed by atoms with Crippen LogP contribution in [0.3, 0.4) is 0 Å². The number of anilines is 1. The zero-order valence-electron chi connectivity index (χ0n) is 12.7. The SMILES string of the molecule is C=C1N=NN(c2ccc(C)c(C(F)(F)F)c2)C1N1CCOCC1. The van der Waals surface area contributed by atoms with Gasteiger partial charge in [0.25, 0.3) is 0 Å². The Morgan fingerprint density at radius 1 is 1.26 bits per heavy atom. The summed E-state index contributed by atoms with van der Waals surface area (Å²) in [5.74, 6) is 0. The minimum absolute atomic E-state index is 0.180. The van der Waals surface area contributed by atoms with E-state index in [4.69, 9.17) is 4.74 Å². The molecule has 1 fully saturated rings. The van der Waals surface area contributed by atoms with Gasteiger partial charge in [-0.2, -0.15) is 13.2 Å². The zero-order valence-corrected chi connectivity index (χ0v) is 12.7. The van der Waals surface area contributed by atoms with Crippen molar-refractivity contribution < 1.29 is 17.9 Å². The molecule has 8 heteroatoms. The van der Waals surface area contributed by atoms with E-state index in [9.17, 15) is 13.2 Å². The lowest BCUT2D eigenvalue weighted by atomic mass is 10.1. The summed E-state index contributed by atoms with van der Waals surface area (Å²) < 4.78 is 44.7. The Hall–Kier alpha value is -1.93. The van der Waals surface area contributed by atoms with Crippen LogP contribution in [0.1, 0.15) is 11.1 Å². The van der Waals surface area contributed by atoms with E-state index in [1.54, 1.807) is 6.07 Å². The van der Waals surface area contributed by atoms with Crippen LogP contribution in [0.2, 0.25) is 0 Å². The highest BCUT2D eigenvalue weighted by molar-refractivity contribution is 5.53. The molecule has 1 unspecified atom stereocenters. The molecule has 0 amide bonds. The molecule has 0 aliphatic carbocycles. The fourth-order valence-electron chi connectivity index (χ4n) is 2.79. The van der Waals surface area contributed by atoms with Crippen molar-refractivity contribution in [3.8, 4) is 0 Å². The molecule has 0 spiro atoms. The van der Waals surface area contributed by atoms with Gasteiger partial charge in [0.1, 0.15) is 0 Å². The van der Waals surface area contributed by atoms with Crippen molar-refractivity contribution in [2.24, 2.45) is 10.3 Å². The summed E-state index contributed by atoms with van der Waals surface area (Å²) >= 11 is 0. The first-order valence-corrected chi connectivity index (χ1v) is 7.27. The van der Waals surface area contributed by atoms with E-state index in [1.807, 2.05) is 0 Å². The molecule has 3 rings (SSSR count). The van der Waals surface area contributed by atoms with Gasteiger partial charge >= 0.3 is 6.18 Å². The Kier molecular flexibility index (Phi) is 4.11. The molecule has 0 N–H and O–H groups in total. The van der Waals surface area contributed by atoms with Crippen LogP contribution in [0.15, 0.2) is 40.8 Å². The summed E-state index contributed by atoms with van der Waals surface area (Å²) in [4.78, 5) is 2.05. The summed E-state index contributed by atoms with van der Waals surface area (Å²) in [6.07, 6.45) is -4.77. The van der Waals surface area contributed by atoms with Crippen molar-refractivity contribution in [3.63, 3.8) is 0 Å². The van der Waals surface area contributed by atoms with Crippen molar-refractivity contribution in [2.45, 2.75) is 19.3 Å². The van der Waals surface area contributed by atoms with Crippen molar-refractivity contribution in [1.82, 2.24) is 4.90 Å². The van der Waals surface area contributed by atoms with Crippen LogP contribution in [0.4, 0.5) is 18.9 Å². The maximum atomic E-state index is 13.1. The second kappa shape index (κ2) is 5.93. The molecule has 5 nitrogen and oxygen atoms in total. The van der Waals surface area contributed by atoms with Gasteiger partial charge in [0.05, 0.1) is 30.2 Å². The third-order valence-corrected chi connectivity index (χ3v) is 3.98. The van der Waals surface area contributed by atoms with Gasteiger partial charge in [-0.1, -0.05) is 17.9 Å². The van der Waals surface area contributed by atoms with Gasteiger partial charge in [0, 0.05) is 13.1 Å². The molecular formula is C15H17F3N4O. The Morgan fingerprint density at radius 3 is 2.61 bits per heavy atom. The van der Waals surface area contributed by atoms with Crippen molar-refractivity contribution >= 4 is 5.69 Å². The van der Waals surface area contributed by atoms with Crippen molar-refractivity contribution in [3.05, 3.63) is 41.6 Å². The topological polar surface area (TPSA) is 40.4 Å². The summed E-state index contributed by atoms with van der Waals surface area (Å²) in [6.45, 7) is 7.76. The van der Waals surface area contributed by atoms with Crippen LogP contribution < -0.4 is 5.01 Å². The molecule has 2 aliphatic rings. The fourth-order valence-corrected chi connectivity index (χ4v) is 2.79. The first-order valence-electron chi connectivity index (χ1n) is 7.27. The Morgan fingerprint density at radius 2 is 1.96 bits per heavy atom. The number of hydrogen-bond acceptors (Lipinski definition) is 5. The average molecular weight is 326 g/mol. The molecule has 0 aromatic heterocycles. The lowest BCUT2D eigenvalue weighted by Crippen LogP contribution is -2.49. The summed E-state index contributed by atoms with van der Waals surface area (Å²) in [7, 11) is 0. The highest BCUT2D eigenvalue weighted by Crippen LogP contribution is 2.37. The Labute approximate surface area is 132 Å². The third-order valence-electron chi connectivity index (χ3n) is 3.98. The number of nitrogens with zero attached hydrogens (tertiary/aromatic N) is 4. The third kappa shape index (κ3) is 3.09. The van der Waals surface area contributed by atoms with E-state index in [0.29, 0.717) is 37.7 Å². The number of rotatable bonds is 2. The van der Waals surface area contributed by atoms with Crippen molar-refractivity contribution in [2.75, 3.05) is 31.3 Å². The number of benzene rings is 1. The van der Waals surface area contributed by atoms with Gasteiger partial charge in [-0.3, -0.25) is 4.90 Å². The van der Waals surface area contributed by atoms with Crippen LogP contribution in [0.5, 0.6) is 0 Å². The smallest absolute Gasteiger partial charge is 0.379 e. The van der Waals surface area contributed by atoms with E-state index in [2.05, 4.69) is 21.8 Å². The number of aryl methyl sites for hydroxylation is 1. The zero-order chi connectivity index (χ0) is 16.6. The minimum atomic E-state index is -4.40. The monoisotopic (exact) mass is 326 g/mol. The number of hydrogen-bond donors (Lipinski definition) is 0. The van der Waals surface area contributed by atoms with Crippen LogP contribution in [-0.2, 0) is 10.9 Å². The van der Waals surface area contributed by atoms with Crippen LogP contribution in [0, 0.1) is 6.92 Å². The minimum Gasteiger partial charge on any atom is -0.379 e. The highest BCUT2D eigenvalue weighted by atomic mass is 19.4. The average Bonchev–Trinajstić information content (AvgIpc) is 2.89. The van der Waals surface area contributed by atoms with E-state index in [0.717, 1.165) is 6.07 Å². The largest absolute Gasteiger partial charge is 0.416 e. The van der Waals surface area contributed by atoms with Gasteiger partial charge in [0.2, 0.25) is 0 Å². The van der Waals surface area contributed by atoms with Gasteiger partial charge in [0.15, 0.2) is 6.17 Å². The summed E-state index contributed by atoms with van der Waals surface area (Å²) in [6, 6.07) is 4.18. The van der Waals surface area contributed by atoms with E-state index >= 15 is 0 Å². The predicted molar refractivity (Wildman–Crippen MR) is 78.8 cm³/mol. The van der Waals surface area contributed by atoms with Crippen molar-refractivity contribution in [1.29, 1.82) is 0 Å². The molecule has 2 heterocycles. The predicted octanol–water partition coefficient (Wildman–Crippen LogP) is 3.37. The Bertz CT molecular complexity index is 638. The molecule has 0 saturated carbocycles. The number of halogens is 3. The van der Waals surface area contributed by atoms with Crippen LogP contribution in [0.25, 0.3) is 0 Å². The molecule has 23 heavy (non-hydrogen) atoms. The van der Waals surface area contributed by atoms with E-state index in [-0.39, 0.29) is 11.7 Å². The molecule has 1 aromatic rings. The number of ether oxygens (including phenoxy) is 1. The molecule has 0 radical (unpaired) electrons. The second-order valence-corrected chi connectivity index (χ2v) is 5.54. The molecule has 0 bridgehead atoms. The molecular weight excluding hydrogens is 309 g/mol. The van der Waals surface area contributed by atoms with Gasteiger partial charge in [-0.05, 0) is 24.6 Å².